The molecule has 0 saturated carbocycles. The van der Waals surface area contributed by atoms with E-state index in [1.807, 2.05) is 0 Å². The van der Waals surface area contributed by atoms with E-state index >= 15 is 0 Å². The van der Waals surface area contributed by atoms with E-state index in [0.29, 0.717) is 0 Å². The van der Waals surface area contributed by atoms with Crippen molar-refractivity contribution in [2.45, 2.75) is 18.5 Å². The van der Waals surface area contributed by atoms with Crippen LogP contribution in [0.15, 0.2) is 11.8 Å². The molecule has 0 aromatic heterocycles. The van der Waals surface area contributed by atoms with E-state index in [2.05, 4.69) is 4.74 Å². The van der Waals surface area contributed by atoms with Gasteiger partial charge in [0.25, 0.3) is 0 Å². The molecule has 0 spiro atoms. The minimum Gasteiger partial charge on any atom is -0.475 e. The van der Waals surface area contributed by atoms with E-state index < -0.39 is 30.2 Å². The van der Waals surface area contributed by atoms with Gasteiger partial charge in [-0.15, -0.1) is 0 Å². The maximum Gasteiger partial charge on any atom is 0.371 e. The molecule has 1 aliphatic rings. The van der Waals surface area contributed by atoms with E-state index in [0.717, 1.165) is 6.08 Å². The summed E-state index contributed by atoms with van der Waals surface area (Å²) in [6, 6.07) is 0. The first-order valence-electron chi connectivity index (χ1n) is 3.18. The first kappa shape index (κ1) is 8.98. The molecule has 4 N–H and O–H groups in total. The number of carboxylic acids is 1. The van der Waals surface area contributed by atoms with Crippen molar-refractivity contribution in [3.05, 3.63) is 11.8 Å². The quantitative estimate of drug-likeness (QED) is 0.369. The second-order valence-electron chi connectivity index (χ2n) is 2.33. The fourth-order valence-corrected chi connectivity index (χ4v) is 0.783. The normalized spacial score (nSPS) is 35.2. The third-order valence-electron chi connectivity index (χ3n) is 1.42. The zero-order chi connectivity index (χ0) is 9.30. The largest absolute Gasteiger partial charge is 0.475 e. The monoisotopic (exact) mass is 176 g/mol. The molecule has 0 aliphatic carbocycles. The SMILES string of the molecule is O=C(O)C1=C[C@@H](O)[C@@H](O)[C@H](O)O1. The fourth-order valence-electron chi connectivity index (χ4n) is 0.783. The maximum absolute atomic E-state index is 10.3. The number of carbonyl (C=O) groups is 1. The van der Waals surface area contributed by atoms with Crippen LogP contribution in [0.3, 0.4) is 0 Å². The summed E-state index contributed by atoms with van der Waals surface area (Å²) in [6.07, 6.45) is -3.80. The lowest BCUT2D eigenvalue weighted by atomic mass is 10.1. The van der Waals surface area contributed by atoms with Crippen LogP contribution in [0.5, 0.6) is 0 Å². The lowest BCUT2D eigenvalue weighted by molar-refractivity contribution is -0.183. The number of hydrogen-bond acceptors (Lipinski definition) is 5. The highest BCUT2D eigenvalue weighted by Crippen LogP contribution is 2.16. The molecule has 3 atom stereocenters. The summed E-state index contributed by atoms with van der Waals surface area (Å²) in [5, 5.41) is 35.0. The molecule has 1 heterocycles. The van der Waals surface area contributed by atoms with Gasteiger partial charge in [0.05, 0.1) is 0 Å². The summed E-state index contributed by atoms with van der Waals surface area (Å²) in [7, 11) is 0. The maximum atomic E-state index is 10.3. The molecule has 6 nitrogen and oxygen atoms in total. The van der Waals surface area contributed by atoms with Gasteiger partial charge in [-0.1, -0.05) is 0 Å². The van der Waals surface area contributed by atoms with Crippen molar-refractivity contribution in [1.29, 1.82) is 0 Å². The molecule has 0 amide bonds. The van der Waals surface area contributed by atoms with Crippen LogP contribution in [0.4, 0.5) is 0 Å². The van der Waals surface area contributed by atoms with Crippen LogP contribution >= 0.6 is 0 Å². The highest BCUT2D eigenvalue weighted by Gasteiger charge is 2.32. The van der Waals surface area contributed by atoms with Gasteiger partial charge in [-0.05, 0) is 6.08 Å². The Morgan fingerprint density at radius 1 is 1.42 bits per heavy atom. The molecule has 12 heavy (non-hydrogen) atoms. The zero-order valence-electron chi connectivity index (χ0n) is 5.91. The Hall–Kier alpha value is -1.11. The number of ether oxygens (including phenoxy) is 1. The van der Waals surface area contributed by atoms with Crippen molar-refractivity contribution in [1.82, 2.24) is 0 Å². The molecule has 0 bridgehead atoms. The Labute approximate surface area is 67.3 Å². The smallest absolute Gasteiger partial charge is 0.371 e. The van der Waals surface area contributed by atoms with Crippen molar-refractivity contribution >= 4 is 5.97 Å². The van der Waals surface area contributed by atoms with Crippen LogP contribution in [-0.4, -0.2) is 44.9 Å². The summed E-state index contributed by atoms with van der Waals surface area (Å²) < 4.78 is 4.34. The number of aliphatic carboxylic acids is 1. The Bertz CT molecular complexity index is 222. The van der Waals surface area contributed by atoms with Gasteiger partial charge in [0.1, 0.15) is 12.2 Å². The predicted molar refractivity (Wildman–Crippen MR) is 34.8 cm³/mol. The Balaban J connectivity index is 2.81. The van der Waals surface area contributed by atoms with Gasteiger partial charge < -0.3 is 25.2 Å². The third-order valence-corrected chi connectivity index (χ3v) is 1.42. The van der Waals surface area contributed by atoms with Gasteiger partial charge in [-0.3, -0.25) is 0 Å². The molecule has 1 aliphatic heterocycles. The number of carboxylic acid groups (broad SMARTS) is 1. The highest BCUT2D eigenvalue weighted by molar-refractivity contribution is 5.84. The zero-order valence-corrected chi connectivity index (χ0v) is 5.91. The van der Waals surface area contributed by atoms with Gasteiger partial charge in [0, 0.05) is 0 Å². The predicted octanol–water partition coefficient (Wildman–Crippen LogP) is -1.97. The lowest BCUT2D eigenvalue weighted by Gasteiger charge is -2.26. The van der Waals surface area contributed by atoms with Crippen molar-refractivity contribution in [3.8, 4) is 0 Å². The number of aliphatic hydroxyl groups excluding tert-OH is 3. The molecule has 68 valence electrons. The van der Waals surface area contributed by atoms with Crippen LogP contribution in [0.25, 0.3) is 0 Å². The lowest BCUT2D eigenvalue weighted by Crippen LogP contribution is -2.42. The molecule has 0 saturated heterocycles. The molecule has 6 heteroatoms. The molecule has 0 unspecified atom stereocenters. The minimum absolute atomic E-state index is 0.569. The fraction of sp³-hybridized carbons (Fsp3) is 0.500. The van der Waals surface area contributed by atoms with E-state index in [1.54, 1.807) is 0 Å². The third kappa shape index (κ3) is 1.55. The number of aliphatic hydroxyl groups is 3. The van der Waals surface area contributed by atoms with Crippen LogP contribution < -0.4 is 0 Å². The minimum atomic E-state index is -1.70. The van der Waals surface area contributed by atoms with Gasteiger partial charge in [0.2, 0.25) is 12.0 Å². The van der Waals surface area contributed by atoms with Crippen molar-refractivity contribution in [2.24, 2.45) is 0 Å². The average Bonchev–Trinajstić information content (AvgIpc) is 1.99. The Morgan fingerprint density at radius 2 is 2.00 bits per heavy atom. The summed E-state index contributed by atoms with van der Waals surface area (Å²) in [5.74, 6) is -1.97. The van der Waals surface area contributed by atoms with Gasteiger partial charge in [0.15, 0.2) is 0 Å². The second-order valence-corrected chi connectivity index (χ2v) is 2.33. The highest BCUT2D eigenvalue weighted by atomic mass is 16.6. The molecule has 0 fully saturated rings. The first-order chi connectivity index (χ1) is 5.52. The number of hydrogen-bond donors (Lipinski definition) is 4. The first-order valence-corrected chi connectivity index (χ1v) is 3.18. The van der Waals surface area contributed by atoms with Gasteiger partial charge >= 0.3 is 5.97 Å². The van der Waals surface area contributed by atoms with Crippen molar-refractivity contribution in [2.75, 3.05) is 0 Å². The van der Waals surface area contributed by atoms with Crippen LogP contribution in [0.1, 0.15) is 0 Å². The van der Waals surface area contributed by atoms with Gasteiger partial charge in [-0.25, -0.2) is 4.79 Å². The summed E-state index contributed by atoms with van der Waals surface area (Å²) in [4.78, 5) is 10.3. The second kappa shape index (κ2) is 3.10. The molecule has 0 aromatic rings. The van der Waals surface area contributed by atoms with E-state index in [9.17, 15) is 4.79 Å². The average molecular weight is 176 g/mol. The van der Waals surface area contributed by atoms with Crippen molar-refractivity contribution < 1.29 is 30.0 Å². The van der Waals surface area contributed by atoms with Crippen LogP contribution in [0, 0.1) is 0 Å². The summed E-state index contributed by atoms with van der Waals surface area (Å²) in [5.41, 5.74) is 0. The molecule has 1 rings (SSSR count). The molecule has 0 aromatic carbocycles. The standard InChI is InChI=1S/C6H8O6/c7-2-1-3(5(9)10)12-6(11)4(2)8/h1-2,4,6-8,11H,(H,9,10)/t2-,4-,6-/m1/s1. The van der Waals surface area contributed by atoms with E-state index in [-0.39, 0.29) is 0 Å². The number of rotatable bonds is 1. The topological polar surface area (TPSA) is 107 Å². The van der Waals surface area contributed by atoms with E-state index in [1.165, 1.54) is 0 Å². The van der Waals surface area contributed by atoms with Gasteiger partial charge in [-0.2, -0.15) is 0 Å². The van der Waals surface area contributed by atoms with E-state index in [4.69, 9.17) is 20.4 Å². The van der Waals surface area contributed by atoms with Crippen LogP contribution in [-0.2, 0) is 9.53 Å². The molecular weight excluding hydrogens is 168 g/mol. The molecule has 0 radical (unpaired) electrons. The van der Waals surface area contributed by atoms with Crippen LogP contribution in [0.2, 0.25) is 0 Å². The molecular formula is C6H8O6. The van der Waals surface area contributed by atoms with Crippen molar-refractivity contribution in [3.63, 3.8) is 0 Å². The Kier molecular flexibility index (Phi) is 2.32. The summed E-state index contributed by atoms with van der Waals surface area (Å²) >= 11 is 0. The summed E-state index contributed by atoms with van der Waals surface area (Å²) in [6.45, 7) is 0. The Morgan fingerprint density at radius 3 is 2.42 bits per heavy atom.